The molecule has 0 aliphatic carbocycles. The third kappa shape index (κ3) is 3.63. The molecule has 9 heteroatoms. The summed E-state index contributed by atoms with van der Waals surface area (Å²) >= 11 is 0. The van der Waals surface area contributed by atoms with Gasteiger partial charge >= 0.3 is 5.97 Å². The fourth-order valence-electron chi connectivity index (χ4n) is 2.78. The fraction of sp³-hybridized carbons (Fsp3) is 0.533. The van der Waals surface area contributed by atoms with Crippen molar-refractivity contribution in [2.24, 2.45) is 0 Å². The van der Waals surface area contributed by atoms with Crippen molar-refractivity contribution >= 4 is 16.0 Å². The Morgan fingerprint density at radius 1 is 1.08 bits per heavy atom. The number of hydrogen-bond acceptors (Lipinski definition) is 6. The second-order valence-corrected chi connectivity index (χ2v) is 7.63. The number of carboxylic acids is 1. The molecule has 0 spiro atoms. The molecule has 2 aliphatic rings. The number of ether oxygens (including phenoxy) is 2. The summed E-state index contributed by atoms with van der Waals surface area (Å²) in [6.45, 7) is 3.03. The minimum absolute atomic E-state index is 0.0644. The molecule has 1 N–H and O–H groups in total. The van der Waals surface area contributed by atoms with E-state index in [1.165, 1.54) is 16.4 Å². The maximum absolute atomic E-state index is 12.8. The zero-order valence-electron chi connectivity index (χ0n) is 13.2. The summed E-state index contributed by atoms with van der Waals surface area (Å²) in [5.41, 5.74) is 0. The van der Waals surface area contributed by atoms with Gasteiger partial charge in [-0.25, -0.2) is 8.42 Å². The number of rotatable bonds is 5. The van der Waals surface area contributed by atoms with Gasteiger partial charge < -0.3 is 19.5 Å². The average molecular weight is 356 g/mol. The highest BCUT2D eigenvalue weighted by Gasteiger charge is 2.29. The van der Waals surface area contributed by atoms with Crippen LogP contribution in [-0.2, 0) is 14.8 Å². The summed E-state index contributed by atoms with van der Waals surface area (Å²) in [7, 11) is -3.60. The van der Waals surface area contributed by atoms with Gasteiger partial charge in [-0.1, -0.05) is 0 Å². The molecule has 8 nitrogen and oxygen atoms in total. The van der Waals surface area contributed by atoms with E-state index in [0.29, 0.717) is 57.4 Å². The average Bonchev–Trinajstić information content (AvgIpc) is 2.60. The first-order chi connectivity index (χ1) is 11.5. The normalized spacial score (nSPS) is 19.2. The smallest absolute Gasteiger partial charge is 0.304 e. The SMILES string of the molecule is O=C(O)CCN1CCN(S(=O)(=O)c2ccc3c(c2)OCCO3)CC1. The number of nitrogens with zero attached hydrogens (tertiary/aromatic N) is 2. The molecule has 2 heterocycles. The van der Waals surface area contributed by atoms with E-state index in [0.717, 1.165) is 0 Å². The van der Waals surface area contributed by atoms with Gasteiger partial charge in [0.1, 0.15) is 13.2 Å². The molecule has 0 amide bonds. The quantitative estimate of drug-likeness (QED) is 0.807. The maximum Gasteiger partial charge on any atom is 0.304 e. The number of aliphatic carboxylic acids is 1. The van der Waals surface area contributed by atoms with E-state index in [1.54, 1.807) is 6.07 Å². The van der Waals surface area contributed by atoms with Crippen molar-refractivity contribution in [2.45, 2.75) is 11.3 Å². The highest BCUT2D eigenvalue weighted by atomic mass is 32.2. The van der Waals surface area contributed by atoms with Gasteiger partial charge in [-0.05, 0) is 12.1 Å². The van der Waals surface area contributed by atoms with E-state index in [2.05, 4.69) is 0 Å². The number of sulfonamides is 1. The van der Waals surface area contributed by atoms with Crippen LogP contribution >= 0.6 is 0 Å². The summed E-state index contributed by atoms with van der Waals surface area (Å²) in [4.78, 5) is 12.8. The second-order valence-electron chi connectivity index (χ2n) is 5.69. The van der Waals surface area contributed by atoms with Crippen LogP contribution in [0.4, 0.5) is 0 Å². The Balaban J connectivity index is 1.67. The molecule has 0 atom stereocenters. The Labute approximate surface area is 140 Å². The molecular formula is C15H20N2O6S. The maximum atomic E-state index is 12.8. The van der Waals surface area contributed by atoms with Crippen molar-refractivity contribution in [3.05, 3.63) is 18.2 Å². The van der Waals surface area contributed by atoms with Crippen LogP contribution in [0.5, 0.6) is 11.5 Å². The first kappa shape index (κ1) is 17.0. The van der Waals surface area contributed by atoms with E-state index in [-0.39, 0.29) is 11.3 Å². The zero-order chi connectivity index (χ0) is 17.2. The lowest BCUT2D eigenvalue weighted by atomic mass is 10.3. The Hall–Kier alpha value is -1.84. The third-order valence-electron chi connectivity index (χ3n) is 4.12. The molecule has 3 rings (SSSR count). The van der Waals surface area contributed by atoms with Gasteiger partial charge in [0.05, 0.1) is 11.3 Å². The lowest BCUT2D eigenvalue weighted by molar-refractivity contribution is -0.137. The number of fused-ring (bicyclic) bond motifs is 1. The summed E-state index contributed by atoms with van der Waals surface area (Å²) in [6.07, 6.45) is 0.0644. The van der Waals surface area contributed by atoms with Gasteiger partial charge in [-0.2, -0.15) is 4.31 Å². The largest absolute Gasteiger partial charge is 0.486 e. The van der Waals surface area contributed by atoms with E-state index in [4.69, 9.17) is 14.6 Å². The van der Waals surface area contributed by atoms with Crippen LogP contribution < -0.4 is 9.47 Å². The number of benzene rings is 1. The van der Waals surface area contributed by atoms with Crippen LogP contribution in [-0.4, -0.2) is 74.6 Å². The number of carboxylic acid groups (broad SMARTS) is 1. The topological polar surface area (TPSA) is 96.4 Å². The molecule has 132 valence electrons. The monoisotopic (exact) mass is 356 g/mol. The molecule has 1 fully saturated rings. The highest BCUT2D eigenvalue weighted by Crippen LogP contribution is 2.33. The molecule has 0 aromatic heterocycles. The molecule has 1 aromatic rings. The van der Waals surface area contributed by atoms with Crippen molar-refractivity contribution in [2.75, 3.05) is 45.9 Å². The second kappa shape index (κ2) is 6.96. The Kier molecular flexibility index (Phi) is 4.93. The van der Waals surface area contributed by atoms with Crippen molar-refractivity contribution in [1.82, 2.24) is 9.21 Å². The molecule has 24 heavy (non-hydrogen) atoms. The van der Waals surface area contributed by atoms with Gasteiger partial charge in [0.25, 0.3) is 0 Å². The standard InChI is InChI=1S/C15H20N2O6S/c18-15(19)3-4-16-5-7-17(8-6-16)24(20,21)12-1-2-13-14(11-12)23-10-9-22-13/h1-2,11H,3-10H2,(H,18,19). The van der Waals surface area contributed by atoms with Crippen molar-refractivity contribution in [1.29, 1.82) is 0 Å². The number of hydrogen-bond donors (Lipinski definition) is 1. The molecule has 1 aromatic carbocycles. The molecule has 0 saturated carbocycles. The summed E-state index contributed by atoms with van der Waals surface area (Å²) in [5.74, 6) is 0.155. The zero-order valence-corrected chi connectivity index (χ0v) is 14.0. The molecule has 0 bridgehead atoms. The van der Waals surface area contributed by atoms with Gasteiger partial charge in [-0.3, -0.25) is 4.79 Å². The van der Waals surface area contributed by atoms with E-state index in [9.17, 15) is 13.2 Å². The number of piperazine rings is 1. The molecule has 2 aliphatic heterocycles. The van der Waals surface area contributed by atoms with Crippen LogP contribution in [0.1, 0.15) is 6.42 Å². The molecule has 0 radical (unpaired) electrons. The third-order valence-corrected chi connectivity index (χ3v) is 6.02. The van der Waals surface area contributed by atoms with Crippen LogP contribution in [0, 0.1) is 0 Å². The van der Waals surface area contributed by atoms with Gasteiger partial charge in [0.15, 0.2) is 11.5 Å². The fourth-order valence-corrected chi connectivity index (χ4v) is 4.22. The van der Waals surface area contributed by atoms with Gasteiger partial charge in [-0.15, -0.1) is 0 Å². The minimum Gasteiger partial charge on any atom is -0.486 e. The van der Waals surface area contributed by atoms with Crippen LogP contribution in [0.15, 0.2) is 23.1 Å². The molecule has 0 unspecified atom stereocenters. The summed E-state index contributed by atoms with van der Waals surface area (Å²) in [5, 5.41) is 8.72. The minimum atomic E-state index is -3.60. The Bertz CT molecular complexity index is 713. The lowest BCUT2D eigenvalue weighted by Crippen LogP contribution is -2.48. The summed E-state index contributed by atoms with van der Waals surface area (Å²) in [6, 6.07) is 4.64. The van der Waals surface area contributed by atoms with Crippen LogP contribution in [0.3, 0.4) is 0 Å². The Morgan fingerprint density at radius 2 is 1.75 bits per heavy atom. The van der Waals surface area contributed by atoms with E-state index >= 15 is 0 Å². The van der Waals surface area contributed by atoms with E-state index < -0.39 is 16.0 Å². The van der Waals surface area contributed by atoms with Crippen molar-refractivity contribution in [3.8, 4) is 11.5 Å². The van der Waals surface area contributed by atoms with Crippen molar-refractivity contribution in [3.63, 3.8) is 0 Å². The Morgan fingerprint density at radius 3 is 2.42 bits per heavy atom. The predicted octanol–water partition coefficient (Wildman–Crippen LogP) is 0.239. The van der Waals surface area contributed by atoms with Crippen molar-refractivity contribution < 1.29 is 27.8 Å². The predicted molar refractivity (Wildman–Crippen MR) is 84.9 cm³/mol. The lowest BCUT2D eigenvalue weighted by Gasteiger charge is -2.33. The number of carbonyl (C=O) groups is 1. The van der Waals surface area contributed by atoms with Gasteiger partial charge in [0, 0.05) is 38.8 Å². The van der Waals surface area contributed by atoms with Crippen LogP contribution in [0.2, 0.25) is 0 Å². The highest BCUT2D eigenvalue weighted by molar-refractivity contribution is 7.89. The first-order valence-electron chi connectivity index (χ1n) is 7.81. The van der Waals surface area contributed by atoms with Gasteiger partial charge in [0.2, 0.25) is 10.0 Å². The first-order valence-corrected chi connectivity index (χ1v) is 9.25. The molecule has 1 saturated heterocycles. The summed E-state index contributed by atoms with van der Waals surface area (Å²) < 4.78 is 37.8. The molecular weight excluding hydrogens is 336 g/mol. The van der Waals surface area contributed by atoms with Crippen LogP contribution in [0.25, 0.3) is 0 Å². The van der Waals surface area contributed by atoms with E-state index in [1.807, 2.05) is 4.90 Å².